The molecule has 0 fully saturated rings. The summed E-state index contributed by atoms with van der Waals surface area (Å²) >= 11 is 1.87. The molecule has 120 valence electrons. The molecule has 0 aromatic carbocycles. The second kappa shape index (κ2) is 6.35. The molecule has 1 aliphatic rings. The average Bonchev–Trinajstić information content (AvgIpc) is 2.84. The van der Waals surface area contributed by atoms with Gasteiger partial charge in [-0.1, -0.05) is 34.6 Å². The van der Waals surface area contributed by atoms with Gasteiger partial charge in [0.25, 0.3) is 0 Å². The third-order valence-corrected chi connectivity index (χ3v) is 6.22. The molecule has 1 aromatic rings. The Bertz CT molecular complexity index is 469. The molecule has 4 heteroatoms. The maximum absolute atomic E-state index is 5.87. The zero-order chi connectivity index (χ0) is 15.7. The molecular formula is C17H30N2OS. The molecule has 1 aromatic heterocycles. The van der Waals surface area contributed by atoms with Crippen LogP contribution in [0.15, 0.2) is 0 Å². The van der Waals surface area contributed by atoms with Gasteiger partial charge in [0.1, 0.15) is 10.6 Å². The number of aromatic nitrogens is 1. The second-order valence-corrected chi connectivity index (χ2v) is 7.92. The van der Waals surface area contributed by atoms with E-state index in [-0.39, 0.29) is 5.60 Å². The van der Waals surface area contributed by atoms with E-state index >= 15 is 0 Å². The fraction of sp³-hybridized carbons (Fsp3) is 0.824. The van der Waals surface area contributed by atoms with Gasteiger partial charge in [0.05, 0.1) is 5.69 Å². The molecule has 1 N–H and O–H groups in total. The molecule has 1 unspecified atom stereocenters. The van der Waals surface area contributed by atoms with E-state index in [1.165, 1.54) is 22.0 Å². The van der Waals surface area contributed by atoms with Gasteiger partial charge in [-0.25, -0.2) is 4.98 Å². The van der Waals surface area contributed by atoms with Crippen molar-refractivity contribution in [1.82, 2.24) is 10.3 Å². The first-order valence-corrected chi connectivity index (χ1v) is 9.01. The number of nitrogens with one attached hydrogen (secondary N) is 1. The van der Waals surface area contributed by atoms with Gasteiger partial charge in [0, 0.05) is 18.0 Å². The molecule has 21 heavy (non-hydrogen) atoms. The smallest absolute Gasteiger partial charge is 0.125 e. The van der Waals surface area contributed by atoms with Crippen LogP contribution in [-0.2, 0) is 16.8 Å². The van der Waals surface area contributed by atoms with Gasteiger partial charge in [0.15, 0.2) is 0 Å². The maximum atomic E-state index is 5.87. The Labute approximate surface area is 133 Å². The van der Waals surface area contributed by atoms with E-state index < -0.39 is 0 Å². The van der Waals surface area contributed by atoms with Crippen LogP contribution in [0.1, 0.15) is 75.5 Å². The normalized spacial score (nSPS) is 21.3. The number of methoxy groups -OCH3 is 1. The largest absolute Gasteiger partial charge is 0.371 e. The van der Waals surface area contributed by atoms with Crippen molar-refractivity contribution in [1.29, 1.82) is 0 Å². The molecule has 0 spiro atoms. The van der Waals surface area contributed by atoms with Crippen molar-refractivity contribution >= 4 is 11.3 Å². The Kier molecular flexibility index (Phi) is 5.11. The number of ether oxygens (including phenoxy) is 1. The Hall–Kier alpha value is -0.450. The molecule has 0 aliphatic heterocycles. The predicted octanol–water partition coefficient (Wildman–Crippen LogP) is 4.43. The SMILES string of the molecule is CCNC1CC(C)(C)Cc2nc(C(CC)(CC)OC)sc21. The summed E-state index contributed by atoms with van der Waals surface area (Å²) in [5, 5.41) is 4.81. The van der Waals surface area contributed by atoms with Gasteiger partial charge in [-0.2, -0.15) is 0 Å². The molecule has 0 radical (unpaired) electrons. The van der Waals surface area contributed by atoms with Crippen LogP contribution in [0, 0.1) is 5.41 Å². The molecule has 2 rings (SSSR count). The standard InChI is InChI=1S/C17H30N2OS/c1-7-17(8-2,20-6)15-19-13-11-16(4,5)10-12(18-9-3)14(13)21-15/h12,18H,7-11H2,1-6H3. The van der Waals surface area contributed by atoms with Crippen LogP contribution in [0.5, 0.6) is 0 Å². The third kappa shape index (κ3) is 3.17. The summed E-state index contributed by atoms with van der Waals surface area (Å²) < 4.78 is 5.87. The van der Waals surface area contributed by atoms with Gasteiger partial charge in [-0.3, -0.25) is 0 Å². The van der Waals surface area contributed by atoms with Crippen molar-refractivity contribution in [2.75, 3.05) is 13.7 Å². The van der Waals surface area contributed by atoms with Gasteiger partial charge in [0.2, 0.25) is 0 Å². The van der Waals surface area contributed by atoms with E-state index in [1.54, 1.807) is 0 Å². The molecule has 0 bridgehead atoms. The van der Waals surface area contributed by atoms with E-state index in [0.29, 0.717) is 11.5 Å². The van der Waals surface area contributed by atoms with Gasteiger partial charge in [-0.05, 0) is 37.6 Å². The maximum Gasteiger partial charge on any atom is 0.125 e. The Morgan fingerprint density at radius 1 is 1.33 bits per heavy atom. The van der Waals surface area contributed by atoms with E-state index in [2.05, 4.69) is 39.9 Å². The number of rotatable bonds is 6. The highest BCUT2D eigenvalue weighted by atomic mass is 32.1. The number of hydrogen-bond acceptors (Lipinski definition) is 4. The highest BCUT2D eigenvalue weighted by Gasteiger charge is 2.38. The summed E-state index contributed by atoms with van der Waals surface area (Å²) in [7, 11) is 1.82. The molecule has 0 saturated carbocycles. The van der Waals surface area contributed by atoms with Crippen LogP contribution in [0.2, 0.25) is 0 Å². The van der Waals surface area contributed by atoms with Crippen molar-refractivity contribution in [3.05, 3.63) is 15.6 Å². The Morgan fingerprint density at radius 3 is 2.52 bits per heavy atom. The number of thiazole rings is 1. The molecule has 1 aliphatic carbocycles. The van der Waals surface area contributed by atoms with Crippen molar-refractivity contribution in [3.63, 3.8) is 0 Å². The van der Waals surface area contributed by atoms with Crippen molar-refractivity contribution in [2.45, 2.75) is 71.9 Å². The highest BCUT2D eigenvalue weighted by molar-refractivity contribution is 7.12. The summed E-state index contributed by atoms with van der Waals surface area (Å²) in [6, 6.07) is 0.447. The van der Waals surface area contributed by atoms with E-state index in [4.69, 9.17) is 9.72 Å². The molecule has 3 nitrogen and oxygen atoms in total. The van der Waals surface area contributed by atoms with Gasteiger partial charge < -0.3 is 10.1 Å². The molecule has 1 atom stereocenters. The summed E-state index contributed by atoms with van der Waals surface area (Å²) in [6.07, 6.45) is 4.21. The van der Waals surface area contributed by atoms with Crippen LogP contribution < -0.4 is 5.32 Å². The van der Waals surface area contributed by atoms with E-state index in [0.717, 1.165) is 25.8 Å². The molecule has 0 saturated heterocycles. The zero-order valence-corrected chi connectivity index (χ0v) is 15.2. The first-order chi connectivity index (χ1) is 9.91. The lowest BCUT2D eigenvalue weighted by Crippen LogP contribution is -2.32. The van der Waals surface area contributed by atoms with Crippen molar-refractivity contribution in [3.8, 4) is 0 Å². The zero-order valence-electron chi connectivity index (χ0n) is 14.4. The summed E-state index contributed by atoms with van der Waals surface area (Å²) in [5.41, 5.74) is 1.41. The predicted molar refractivity (Wildman–Crippen MR) is 89.9 cm³/mol. The highest BCUT2D eigenvalue weighted by Crippen LogP contribution is 2.46. The molecule has 1 heterocycles. The van der Waals surface area contributed by atoms with Gasteiger partial charge >= 0.3 is 0 Å². The van der Waals surface area contributed by atoms with Crippen LogP contribution >= 0.6 is 11.3 Å². The monoisotopic (exact) mass is 310 g/mol. The van der Waals surface area contributed by atoms with Crippen LogP contribution in [-0.4, -0.2) is 18.6 Å². The van der Waals surface area contributed by atoms with Crippen molar-refractivity contribution < 1.29 is 4.74 Å². The number of fused-ring (bicyclic) bond motifs is 1. The minimum Gasteiger partial charge on any atom is -0.371 e. The first-order valence-electron chi connectivity index (χ1n) is 8.20. The topological polar surface area (TPSA) is 34.2 Å². The second-order valence-electron chi connectivity index (χ2n) is 6.89. The minimum atomic E-state index is -0.205. The summed E-state index contributed by atoms with van der Waals surface area (Å²) in [6.45, 7) is 12.3. The minimum absolute atomic E-state index is 0.205. The lowest BCUT2D eigenvalue weighted by atomic mass is 9.76. The number of nitrogens with zero attached hydrogens (tertiary/aromatic N) is 1. The Balaban J connectivity index is 2.43. The lowest BCUT2D eigenvalue weighted by Gasteiger charge is -2.34. The molecule has 0 amide bonds. The summed E-state index contributed by atoms with van der Waals surface area (Å²) in [4.78, 5) is 6.46. The quantitative estimate of drug-likeness (QED) is 0.844. The average molecular weight is 311 g/mol. The Morgan fingerprint density at radius 2 is 2.00 bits per heavy atom. The number of hydrogen-bond donors (Lipinski definition) is 1. The van der Waals surface area contributed by atoms with Gasteiger partial charge in [-0.15, -0.1) is 11.3 Å². The van der Waals surface area contributed by atoms with Crippen LogP contribution in [0.4, 0.5) is 0 Å². The third-order valence-electron chi connectivity index (χ3n) is 4.82. The first kappa shape index (κ1) is 16.9. The van der Waals surface area contributed by atoms with Crippen LogP contribution in [0.25, 0.3) is 0 Å². The van der Waals surface area contributed by atoms with Crippen molar-refractivity contribution in [2.24, 2.45) is 5.41 Å². The van der Waals surface area contributed by atoms with E-state index in [1.807, 2.05) is 18.4 Å². The molecular weight excluding hydrogens is 280 g/mol. The van der Waals surface area contributed by atoms with Crippen LogP contribution in [0.3, 0.4) is 0 Å². The lowest BCUT2D eigenvalue weighted by molar-refractivity contribution is -0.0220. The summed E-state index contributed by atoms with van der Waals surface area (Å²) in [5.74, 6) is 0. The fourth-order valence-electron chi connectivity index (χ4n) is 3.47. The van der Waals surface area contributed by atoms with E-state index in [9.17, 15) is 0 Å². The fourth-order valence-corrected chi connectivity index (χ4v) is 4.93.